The second-order valence-corrected chi connectivity index (χ2v) is 10.9. The van der Waals surface area contributed by atoms with Crippen LogP contribution in [0.5, 0.6) is 5.88 Å². The van der Waals surface area contributed by atoms with Crippen LogP contribution in [0.4, 0.5) is 42.5 Å². The molecule has 2 amide bonds. The molecule has 3 rings (SSSR count). The minimum Gasteiger partial charge on any atom is -0.354 e. The van der Waals surface area contributed by atoms with E-state index in [0.717, 1.165) is 18.2 Å². The highest BCUT2D eigenvalue weighted by Crippen LogP contribution is 2.37. The van der Waals surface area contributed by atoms with Crippen LogP contribution in [-0.2, 0) is 21.7 Å². The van der Waals surface area contributed by atoms with Gasteiger partial charge in [0.15, 0.2) is 0 Å². The van der Waals surface area contributed by atoms with Crippen LogP contribution in [0, 0.1) is 11.3 Å². The summed E-state index contributed by atoms with van der Waals surface area (Å²) in [5.74, 6) is -1.05. The van der Waals surface area contributed by atoms with Crippen molar-refractivity contribution >= 4 is 27.5 Å². The van der Waals surface area contributed by atoms with Gasteiger partial charge in [-0.05, 0) is 42.0 Å². The van der Waals surface area contributed by atoms with Crippen LogP contribution in [0.15, 0.2) is 54.6 Å². The number of hydrogen-bond donors (Lipinski definition) is 2. The third-order valence-corrected chi connectivity index (χ3v) is 6.18. The van der Waals surface area contributed by atoms with E-state index < -0.39 is 50.3 Å². The summed E-state index contributed by atoms with van der Waals surface area (Å²) in [6, 6.07) is 11.6. The second kappa shape index (κ2) is 10.7. The second-order valence-electron chi connectivity index (χ2n) is 9.32. The summed E-state index contributed by atoms with van der Waals surface area (Å²) in [4.78, 5) is 16.1. The number of benzene rings is 2. The smallest absolute Gasteiger partial charge is 0.354 e. The standard InChI is InChI=1S/C25H20F6N4O4S/c1-23(2,3)20-12-18(19(13-32)21(35-20)39-40(37,38)25(29,30)31)14-7-9-16(10-8-14)33-22(36)34-17-6-4-5-15(11-17)24(26,27)28/h4-12H,1-3H3,(H2,33,34,36). The molecule has 0 aliphatic heterocycles. The van der Waals surface area contributed by atoms with E-state index in [2.05, 4.69) is 19.8 Å². The maximum Gasteiger partial charge on any atom is 0.534 e. The number of halogens is 6. The molecule has 0 aliphatic rings. The van der Waals surface area contributed by atoms with Gasteiger partial charge in [0, 0.05) is 22.4 Å². The number of hydrogen-bond acceptors (Lipinski definition) is 6. The number of amides is 2. The molecule has 0 spiro atoms. The van der Waals surface area contributed by atoms with Crippen LogP contribution in [0.2, 0.25) is 0 Å². The molecule has 40 heavy (non-hydrogen) atoms. The SMILES string of the molecule is CC(C)(C)c1cc(-c2ccc(NC(=O)Nc3cccc(C(F)(F)F)c3)cc2)c(C#N)c(OS(=O)(=O)C(F)(F)F)n1. The largest absolute Gasteiger partial charge is 0.534 e. The first-order valence-electron chi connectivity index (χ1n) is 11.1. The Labute approximate surface area is 224 Å². The molecule has 0 radical (unpaired) electrons. The Bertz CT molecular complexity index is 1570. The Morgan fingerprint density at radius 1 is 0.925 bits per heavy atom. The van der Waals surface area contributed by atoms with Gasteiger partial charge in [0.05, 0.1) is 11.3 Å². The average molecular weight is 587 g/mol. The van der Waals surface area contributed by atoms with Crippen molar-refractivity contribution in [3.63, 3.8) is 0 Å². The number of carbonyl (C=O) groups excluding carboxylic acids is 1. The molecule has 0 bridgehead atoms. The van der Waals surface area contributed by atoms with Gasteiger partial charge in [0.1, 0.15) is 11.6 Å². The summed E-state index contributed by atoms with van der Waals surface area (Å²) >= 11 is 0. The van der Waals surface area contributed by atoms with Gasteiger partial charge in [-0.1, -0.05) is 39.0 Å². The third-order valence-electron chi connectivity index (χ3n) is 5.24. The Kier molecular flexibility index (Phi) is 8.07. The summed E-state index contributed by atoms with van der Waals surface area (Å²) in [7, 11) is -6.13. The van der Waals surface area contributed by atoms with Gasteiger partial charge < -0.3 is 14.8 Å². The zero-order chi connectivity index (χ0) is 30.1. The van der Waals surface area contributed by atoms with Crippen molar-refractivity contribution in [2.24, 2.45) is 0 Å². The molecule has 0 fully saturated rings. The lowest BCUT2D eigenvalue weighted by atomic mass is 9.88. The number of rotatable bonds is 5. The van der Waals surface area contributed by atoms with Crippen molar-refractivity contribution in [3.8, 4) is 23.1 Å². The first-order valence-corrected chi connectivity index (χ1v) is 12.5. The van der Waals surface area contributed by atoms with Gasteiger partial charge in [-0.2, -0.15) is 40.0 Å². The van der Waals surface area contributed by atoms with Gasteiger partial charge >= 0.3 is 27.8 Å². The molecule has 3 aromatic rings. The average Bonchev–Trinajstić information content (AvgIpc) is 2.82. The van der Waals surface area contributed by atoms with E-state index in [1.165, 1.54) is 36.4 Å². The fourth-order valence-corrected chi connectivity index (χ4v) is 3.68. The van der Waals surface area contributed by atoms with Gasteiger partial charge in [0.25, 0.3) is 5.88 Å². The fraction of sp³-hybridized carbons (Fsp3) is 0.240. The Balaban J connectivity index is 1.93. The van der Waals surface area contributed by atoms with E-state index in [1.807, 2.05) is 0 Å². The highest BCUT2D eigenvalue weighted by molar-refractivity contribution is 7.88. The summed E-state index contributed by atoms with van der Waals surface area (Å²) in [5, 5.41) is 14.3. The molecule has 8 nitrogen and oxygen atoms in total. The summed E-state index contributed by atoms with van der Waals surface area (Å²) < 4.78 is 105. The topological polar surface area (TPSA) is 121 Å². The van der Waals surface area contributed by atoms with E-state index >= 15 is 0 Å². The molecular formula is C25H20F6N4O4S. The van der Waals surface area contributed by atoms with Crippen molar-refractivity contribution in [2.75, 3.05) is 10.6 Å². The molecule has 15 heteroatoms. The van der Waals surface area contributed by atoms with Crippen molar-refractivity contribution in [1.82, 2.24) is 4.98 Å². The lowest BCUT2D eigenvalue weighted by Gasteiger charge is -2.21. The highest BCUT2D eigenvalue weighted by Gasteiger charge is 2.49. The summed E-state index contributed by atoms with van der Waals surface area (Å²) in [5.41, 5.74) is -7.67. The van der Waals surface area contributed by atoms with Gasteiger partial charge in [-0.3, -0.25) is 0 Å². The number of urea groups is 1. The summed E-state index contributed by atoms with van der Waals surface area (Å²) in [6.45, 7) is 4.97. The number of nitriles is 1. The van der Waals surface area contributed by atoms with Crippen molar-refractivity contribution < 1.29 is 43.7 Å². The zero-order valence-corrected chi connectivity index (χ0v) is 21.7. The quantitative estimate of drug-likeness (QED) is 0.193. The van der Waals surface area contributed by atoms with Crippen LogP contribution in [0.3, 0.4) is 0 Å². The van der Waals surface area contributed by atoms with E-state index in [-0.39, 0.29) is 28.2 Å². The number of nitrogens with one attached hydrogen (secondary N) is 2. The number of pyridine rings is 1. The lowest BCUT2D eigenvalue weighted by Crippen LogP contribution is -2.29. The highest BCUT2D eigenvalue weighted by atomic mass is 32.2. The molecule has 0 atom stereocenters. The predicted molar refractivity (Wildman–Crippen MR) is 133 cm³/mol. The Morgan fingerprint density at radius 3 is 2.05 bits per heavy atom. The van der Waals surface area contributed by atoms with E-state index in [1.54, 1.807) is 26.8 Å². The van der Waals surface area contributed by atoms with Crippen LogP contribution < -0.4 is 14.8 Å². The molecule has 0 unspecified atom stereocenters. The van der Waals surface area contributed by atoms with Gasteiger partial charge in [0.2, 0.25) is 0 Å². The van der Waals surface area contributed by atoms with Crippen LogP contribution >= 0.6 is 0 Å². The first kappa shape index (κ1) is 30.2. The number of alkyl halides is 6. The van der Waals surface area contributed by atoms with Crippen molar-refractivity contribution in [3.05, 3.63) is 71.4 Å². The Hall–Kier alpha value is -4.32. The van der Waals surface area contributed by atoms with Gasteiger partial charge in [-0.15, -0.1) is 0 Å². The number of aromatic nitrogens is 1. The number of carbonyl (C=O) groups is 1. The molecule has 1 aromatic heterocycles. The minimum absolute atomic E-state index is 0.00904. The molecule has 0 aliphatic carbocycles. The third kappa shape index (κ3) is 7.00. The first-order chi connectivity index (χ1) is 18.3. The molecule has 212 valence electrons. The number of nitrogens with zero attached hydrogens (tertiary/aromatic N) is 2. The van der Waals surface area contributed by atoms with Crippen molar-refractivity contribution in [2.45, 2.75) is 37.9 Å². The van der Waals surface area contributed by atoms with E-state index in [4.69, 9.17) is 0 Å². The van der Waals surface area contributed by atoms with Crippen LogP contribution in [0.25, 0.3) is 11.1 Å². The van der Waals surface area contributed by atoms with E-state index in [0.29, 0.717) is 0 Å². The normalized spacial score (nSPS) is 12.4. The number of anilines is 2. The Morgan fingerprint density at radius 2 is 1.52 bits per heavy atom. The van der Waals surface area contributed by atoms with Crippen LogP contribution in [-0.4, -0.2) is 24.9 Å². The van der Waals surface area contributed by atoms with E-state index in [9.17, 15) is 44.8 Å². The minimum atomic E-state index is -6.13. The molecule has 1 heterocycles. The van der Waals surface area contributed by atoms with Gasteiger partial charge in [-0.25, -0.2) is 9.78 Å². The van der Waals surface area contributed by atoms with Crippen LogP contribution in [0.1, 0.15) is 37.6 Å². The molecule has 0 saturated heterocycles. The summed E-state index contributed by atoms with van der Waals surface area (Å²) in [6.07, 6.45) is -4.60. The lowest BCUT2D eigenvalue weighted by molar-refractivity contribution is -0.137. The molecule has 0 saturated carbocycles. The maximum atomic E-state index is 13.0. The predicted octanol–water partition coefficient (Wildman–Crippen LogP) is 6.81. The fourth-order valence-electron chi connectivity index (χ4n) is 3.25. The molecular weight excluding hydrogens is 566 g/mol. The van der Waals surface area contributed by atoms with Crippen molar-refractivity contribution in [1.29, 1.82) is 5.26 Å². The maximum absolute atomic E-state index is 13.0. The zero-order valence-electron chi connectivity index (χ0n) is 20.9. The molecule has 2 N–H and O–H groups in total. The monoisotopic (exact) mass is 586 g/mol. The molecule has 2 aromatic carbocycles.